The minimum atomic E-state index is -0.522. The summed E-state index contributed by atoms with van der Waals surface area (Å²) in [5.41, 5.74) is 2.39. The molecule has 10 heteroatoms. The van der Waals surface area contributed by atoms with E-state index >= 15 is 0 Å². The lowest BCUT2D eigenvalue weighted by atomic mass is 10.0. The minimum absolute atomic E-state index is 0.0699. The maximum absolute atomic E-state index is 12.6. The molecular formula is C39H54O10. The van der Waals surface area contributed by atoms with E-state index in [9.17, 15) is 19.5 Å². The Balaban J connectivity index is 1.54. The molecule has 0 aliphatic rings. The highest BCUT2D eigenvalue weighted by molar-refractivity contribution is 6.15. The second-order valence-corrected chi connectivity index (χ2v) is 12.0. The molecule has 1 N–H and O–H groups in total. The van der Waals surface area contributed by atoms with E-state index in [0.29, 0.717) is 42.5 Å². The molecule has 0 heterocycles. The maximum Gasteiger partial charge on any atom is 0.341 e. The van der Waals surface area contributed by atoms with Crippen molar-refractivity contribution in [2.24, 2.45) is 0 Å². The lowest BCUT2D eigenvalue weighted by Gasteiger charge is -2.11. The highest BCUT2D eigenvalue weighted by Gasteiger charge is 2.15. The van der Waals surface area contributed by atoms with E-state index in [-0.39, 0.29) is 22.9 Å². The van der Waals surface area contributed by atoms with Gasteiger partial charge in [-0.25, -0.2) is 14.4 Å². The summed E-state index contributed by atoms with van der Waals surface area (Å²) in [7, 11) is 2.80. The Morgan fingerprint density at radius 3 is 1.88 bits per heavy atom. The van der Waals surface area contributed by atoms with Crippen molar-refractivity contribution < 1.29 is 48.2 Å². The van der Waals surface area contributed by atoms with Crippen LogP contribution in [0.5, 0.6) is 17.2 Å². The number of esters is 3. The van der Waals surface area contributed by atoms with Crippen LogP contribution in [-0.4, -0.2) is 57.1 Å². The molecule has 0 aliphatic carbocycles. The van der Waals surface area contributed by atoms with Gasteiger partial charge in [-0.05, 0) is 74.4 Å². The van der Waals surface area contributed by atoms with Crippen LogP contribution in [0.3, 0.4) is 0 Å². The van der Waals surface area contributed by atoms with Crippen molar-refractivity contribution in [1.82, 2.24) is 0 Å². The number of carbonyl (C=O) groups excluding carboxylic acids is 3. The molecule has 0 bridgehead atoms. The summed E-state index contributed by atoms with van der Waals surface area (Å²) in [5, 5.41) is 10.2. The molecule has 0 radical (unpaired) electrons. The number of rotatable bonds is 26. The van der Waals surface area contributed by atoms with Gasteiger partial charge in [0.05, 0.1) is 39.6 Å². The number of unbranched alkanes of at least 4 members (excludes halogenated alkanes) is 11. The summed E-state index contributed by atoms with van der Waals surface area (Å²) in [4.78, 5) is 46.4. The van der Waals surface area contributed by atoms with Crippen LogP contribution in [0, 0.1) is 0 Å². The number of benzene rings is 2. The van der Waals surface area contributed by atoms with Gasteiger partial charge in [0.2, 0.25) is 5.75 Å². The van der Waals surface area contributed by atoms with Crippen molar-refractivity contribution in [2.45, 2.75) is 96.8 Å². The summed E-state index contributed by atoms with van der Waals surface area (Å²) in [6, 6.07) is 10.1. The fourth-order valence-electron chi connectivity index (χ4n) is 4.99. The number of phenols is 1. The average Bonchev–Trinajstić information content (AvgIpc) is 3.10. The Kier molecular flexibility index (Phi) is 20.0. The Labute approximate surface area is 291 Å². The Hall–Kier alpha value is -4.31. The topological polar surface area (TPSA) is 127 Å². The van der Waals surface area contributed by atoms with Crippen LogP contribution < -0.4 is 9.62 Å². The van der Waals surface area contributed by atoms with Crippen LogP contribution in [0.4, 0.5) is 0 Å². The van der Waals surface area contributed by atoms with Gasteiger partial charge >= 0.3 is 17.9 Å². The van der Waals surface area contributed by atoms with Crippen LogP contribution in [-0.2, 0) is 35.1 Å². The van der Waals surface area contributed by atoms with Crippen LogP contribution in [0.2, 0.25) is 0 Å². The third-order valence-electron chi connectivity index (χ3n) is 7.92. The molecule has 2 aromatic carbocycles. The second-order valence-electron chi connectivity index (χ2n) is 12.0. The standard InChI is InChI=1S/C39H54O10/c1-29(2)37(41)46-24-16-12-9-7-6-8-10-13-17-25-47-39(43)33-27-31(20-22-34(33)40)19-15-11-14-18-26-48-49-35-23-21-32(28-36(35)44-4)30(3)38(42)45-5/h20-23,27-28,40H,1,3,6-19,24-26H2,2,4-5H3. The van der Waals surface area contributed by atoms with Gasteiger partial charge < -0.3 is 28.9 Å². The van der Waals surface area contributed by atoms with Gasteiger partial charge in [-0.3, -0.25) is 0 Å². The zero-order chi connectivity index (χ0) is 35.9. The number of phenolic OH excluding ortho intramolecular Hbond substituents is 1. The Bertz CT molecular complexity index is 1350. The summed E-state index contributed by atoms with van der Waals surface area (Å²) < 4.78 is 20.6. The Morgan fingerprint density at radius 1 is 0.673 bits per heavy atom. The molecule has 0 aliphatic heterocycles. The van der Waals surface area contributed by atoms with E-state index in [0.717, 1.165) is 95.5 Å². The lowest BCUT2D eigenvalue weighted by molar-refractivity contribution is -0.208. The van der Waals surface area contributed by atoms with Crippen LogP contribution in [0.25, 0.3) is 5.57 Å². The summed E-state index contributed by atoms with van der Waals surface area (Å²) in [6.07, 6.45) is 13.8. The first-order valence-electron chi connectivity index (χ1n) is 17.2. The molecule has 10 nitrogen and oxygen atoms in total. The molecule has 0 aromatic heterocycles. The fourth-order valence-corrected chi connectivity index (χ4v) is 4.99. The van der Waals surface area contributed by atoms with Crippen LogP contribution in [0.1, 0.15) is 112 Å². The van der Waals surface area contributed by atoms with Crippen molar-refractivity contribution in [3.05, 3.63) is 71.8 Å². The predicted octanol–water partition coefficient (Wildman–Crippen LogP) is 8.49. The zero-order valence-electron chi connectivity index (χ0n) is 29.5. The number of methoxy groups -OCH3 is 2. The van der Waals surface area contributed by atoms with Crippen molar-refractivity contribution >= 4 is 23.5 Å². The van der Waals surface area contributed by atoms with E-state index in [1.807, 2.05) is 6.07 Å². The molecule has 2 rings (SSSR count). The van der Waals surface area contributed by atoms with E-state index in [4.69, 9.17) is 28.7 Å². The van der Waals surface area contributed by atoms with Gasteiger partial charge in [-0.15, -0.1) is 0 Å². The normalized spacial score (nSPS) is 10.7. The quantitative estimate of drug-likeness (QED) is 0.0258. The average molecular weight is 683 g/mol. The van der Waals surface area contributed by atoms with Gasteiger partial charge in [-0.2, -0.15) is 4.89 Å². The molecule has 0 unspecified atom stereocenters. The summed E-state index contributed by atoms with van der Waals surface area (Å²) >= 11 is 0. The molecule has 49 heavy (non-hydrogen) atoms. The first-order valence-corrected chi connectivity index (χ1v) is 17.2. The third-order valence-corrected chi connectivity index (χ3v) is 7.92. The lowest BCUT2D eigenvalue weighted by Crippen LogP contribution is -2.07. The fraction of sp³-hybridized carbons (Fsp3) is 0.513. The number of hydrogen-bond acceptors (Lipinski definition) is 10. The number of aromatic hydroxyl groups is 1. The number of carbonyl (C=O) groups is 3. The number of ether oxygens (including phenoxy) is 4. The molecule has 0 saturated carbocycles. The van der Waals surface area contributed by atoms with Gasteiger partial charge in [0, 0.05) is 5.57 Å². The van der Waals surface area contributed by atoms with Crippen molar-refractivity contribution in [3.63, 3.8) is 0 Å². The number of aryl methyl sites for hydroxylation is 1. The monoisotopic (exact) mass is 682 g/mol. The van der Waals surface area contributed by atoms with Crippen LogP contribution in [0.15, 0.2) is 55.1 Å². The van der Waals surface area contributed by atoms with Crippen molar-refractivity contribution in [2.75, 3.05) is 34.0 Å². The van der Waals surface area contributed by atoms with Gasteiger partial charge in [-0.1, -0.05) is 83.1 Å². The van der Waals surface area contributed by atoms with Gasteiger partial charge in [0.1, 0.15) is 11.3 Å². The van der Waals surface area contributed by atoms with E-state index in [1.54, 1.807) is 37.3 Å². The predicted molar refractivity (Wildman–Crippen MR) is 189 cm³/mol. The smallest absolute Gasteiger partial charge is 0.341 e. The SMILES string of the molecule is C=C(C)C(=O)OCCCCCCCCCCCOC(=O)c1cc(CCCCCCOOc2ccc(C(=C)C(=O)OC)cc2OC)ccc1O. The van der Waals surface area contributed by atoms with E-state index in [2.05, 4.69) is 13.2 Å². The molecule has 270 valence electrons. The van der Waals surface area contributed by atoms with Crippen LogP contribution >= 0.6 is 0 Å². The molecule has 0 saturated heterocycles. The molecule has 0 spiro atoms. The maximum atomic E-state index is 12.6. The van der Waals surface area contributed by atoms with E-state index in [1.165, 1.54) is 14.2 Å². The summed E-state index contributed by atoms with van der Waals surface area (Å²) in [5.74, 6) is -0.605. The molecule has 0 fully saturated rings. The largest absolute Gasteiger partial charge is 0.507 e. The van der Waals surface area contributed by atoms with Crippen molar-refractivity contribution in [3.8, 4) is 17.2 Å². The highest BCUT2D eigenvalue weighted by atomic mass is 17.2. The first-order chi connectivity index (χ1) is 23.7. The minimum Gasteiger partial charge on any atom is -0.507 e. The molecule has 0 amide bonds. The van der Waals surface area contributed by atoms with E-state index < -0.39 is 11.9 Å². The molecular weight excluding hydrogens is 628 g/mol. The zero-order valence-corrected chi connectivity index (χ0v) is 29.5. The molecule has 0 atom stereocenters. The summed E-state index contributed by atoms with van der Waals surface area (Å²) in [6.45, 7) is 10.1. The highest BCUT2D eigenvalue weighted by Crippen LogP contribution is 2.31. The Morgan fingerprint density at radius 2 is 1.27 bits per heavy atom. The van der Waals surface area contributed by atoms with Gasteiger partial charge in [0.25, 0.3) is 0 Å². The molecule has 2 aromatic rings. The van der Waals surface area contributed by atoms with Crippen molar-refractivity contribution in [1.29, 1.82) is 0 Å². The first kappa shape index (κ1) is 40.9. The second kappa shape index (κ2) is 23.9. The van der Waals surface area contributed by atoms with Gasteiger partial charge in [0.15, 0.2) is 5.75 Å². The third kappa shape index (κ3) is 16.1. The number of hydrogen-bond donors (Lipinski definition) is 1.